The molecule has 0 aliphatic rings. The highest BCUT2D eigenvalue weighted by molar-refractivity contribution is 5.89. The van der Waals surface area contributed by atoms with Crippen LogP contribution in [0.2, 0.25) is 0 Å². The van der Waals surface area contributed by atoms with E-state index in [1.807, 2.05) is 13.0 Å². The number of hydrogen-bond donors (Lipinski definition) is 0. The van der Waals surface area contributed by atoms with E-state index in [0.29, 0.717) is 0 Å². The lowest BCUT2D eigenvalue weighted by Gasteiger charge is -2.02. The minimum atomic E-state index is 0.288. The summed E-state index contributed by atoms with van der Waals surface area (Å²) < 4.78 is 0. The molecule has 0 unspecified atom stereocenters. The summed E-state index contributed by atoms with van der Waals surface area (Å²) in [5.74, 6) is 0.288. The van der Waals surface area contributed by atoms with Crippen molar-refractivity contribution in [2.45, 2.75) is 104 Å². The lowest BCUT2D eigenvalue weighted by molar-refractivity contribution is -0.114. The van der Waals surface area contributed by atoms with Crippen molar-refractivity contribution in [3.05, 3.63) is 12.2 Å². The third-order valence-corrected chi connectivity index (χ3v) is 3.88. The molecular formula is C19H36O. The zero-order valence-electron chi connectivity index (χ0n) is 14.0. The monoisotopic (exact) mass is 280 g/mol. The lowest BCUT2D eigenvalue weighted by Crippen LogP contribution is -1.91. The largest absolute Gasteiger partial charge is 0.295 e. The quantitative estimate of drug-likeness (QED) is 0.243. The summed E-state index contributed by atoms with van der Waals surface area (Å²) in [5, 5.41) is 0. The van der Waals surface area contributed by atoms with Gasteiger partial charge < -0.3 is 0 Å². The van der Waals surface area contributed by atoms with Crippen molar-refractivity contribution in [1.29, 1.82) is 0 Å². The van der Waals surface area contributed by atoms with E-state index in [4.69, 9.17) is 0 Å². The second-order valence-corrected chi connectivity index (χ2v) is 5.96. The lowest BCUT2D eigenvalue weighted by atomic mass is 10.0. The molecular weight excluding hydrogens is 244 g/mol. The van der Waals surface area contributed by atoms with Crippen LogP contribution in [0.3, 0.4) is 0 Å². The Bertz CT molecular complexity index is 230. The van der Waals surface area contributed by atoms with Crippen molar-refractivity contribution in [2.24, 2.45) is 0 Å². The Hall–Kier alpha value is -0.590. The van der Waals surface area contributed by atoms with Crippen LogP contribution < -0.4 is 0 Å². The van der Waals surface area contributed by atoms with Crippen LogP contribution >= 0.6 is 0 Å². The highest BCUT2D eigenvalue weighted by atomic mass is 16.1. The van der Waals surface area contributed by atoms with Gasteiger partial charge in [-0.3, -0.25) is 4.79 Å². The average Bonchev–Trinajstić information content (AvgIpc) is 2.44. The van der Waals surface area contributed by atoms with Gasteiger partial charge in [-0.1, -0.05) is 90.0 Å². The zero-order valence-corrected chi connectivity index (χ0v) is 14.0. The van der Waals surface area contributed by atoms with Gasteiger partial charge in [0.1, 0.15) is 0 Å². The Morgan fingerprint density at radius 3 is 1.50 bits per heavy atom. The normalized spacial score (nSPS) is 11.3. The molecule has 0 N–H and O–H groups in total. The van der Waals surface area contributed by atoms with Gasteiger partial charge in [-0.15, -0.1) is 0 Å². The fourth-order valence-electron chi connectivity index (χ4n) is 2.59. The number of allylic oxidation sites excluding steroid dienone is 2. The van der Waals surface area contributed by atoms with Crippen LogP contribution in [0.15, 0.2) is 12.2 Å². The molecule has 1 heteroatoms. The SMILES string of the molecule is CC=CC(=O)CCCCCCCCCCCCCCC. The number of rotatable bonds is 15. The first-order valence-corrected chi connectivity index (χ1v) is 8.96. The van der Waals surface area contributed by atoms with Gasteiger partial charge in [0, 0.05) is 6.42 Å². The Morgan fingerprint density at radius 1 is 0.700 bits per heavy atom. The van der Waals surface area contributed by atoms with Crippen LogP contribution in [0.25, 0.3) is 0 Å². The van der Waals surface area contributed by atoms with Gasteiger partial charge in [0.05, 0.1) is 0 Å². The summed E-state index contributed by atoms with van der Waals surface area (Å²) in [6, 6.07) is 0. The Balaban J connectivity index is 3.04. The van der Waals surface area contributed by atoms with Crippen LogP contribution in [0, 0.1) is 0 Å². The van der Waals surface area contributed by atoms with Gasteiger partial charge in [-0.2, -0.15) is 0 Å². The van der Waals surface area contributed by atoms with Crippen LogP contribution in [0.4, 0.5) is 0 Å². The van der Waals surface area contributed by atoms with Gasteiger partial charge >= 0.3 is 0 Å². The molecule has 0 aromatic rings. The third kappa shape index (κ3) is 15.5. The predicted molar refractivity (Wildman–Crippen MR) is 90.1 cm³/mol. The fourth-order valence-corrected chi connectivity index (χ4v) is 2.59. The Kier molecular flexibility index (Phi) is 16.0. The van der Waals surface area contributed by atoms with Gasteiger partial charge in [0.15, 0.2) is 5.78 Å². The molecule has 0 rings (SSSR count). The molecule has 0 radical (unpaired) electrons. The van der Waals surface area contributed by atoms with E-state index in [9.17, 15) is 4.79 Å². The van der Waals surface area contributed by atoms with Crippen molar-refractivity contribution < 1.29 is 4.79 Å². The molecule has 0 saturated carbocycles. The molecule has 0 bridgehead atoms. The molecule has 0 heterocycles. The van der Waals surface area contributed by atoms with Crippen LogP contribution in [-0.2, 0) is 4.79 Å². The topological polar surface area (TPSA) is 17.1 Å². The number of unbranched alkanes of at least 4 members (excludes halogenated alkanes) is 12. The second-order valence-electron chi connectivity index (χ2n) is 5.96. The molecule has 1 nitrogen and oxygen atoms in total. The van der Waals surface area contributed by atoms with Crippen LogP contribution in [0.1, 0.15) is 104 Å². The highest BCUT2D eigenvalue weighted by Crippen LogP contribution is 2.12. The van der Waals surface area contributed by atoms with Crippen molar-refractivity contribution in [3.8, 4) is 0 Å². The molecule has 0 aromatic heterocycles. The Morgan fingerprint density at radius 2 is 1.10 bits per heavy atom. The minimum absolute atomic E-state index is 0.288. The van der Waals surface area contributed by atoms with E-state index in [0.717, 1.165) is 12.8 Å². The molecule has 118 valence electrons. The van der Waals surface area contributed by atoms with Gasteiger partial charge in [-0.05, 0) is 19.4 Å². The van der Waals surface area contributed by atoms with E-state index in [-0.39, 0.29) is 5.78 Å². The maximum Gasteiger partial charge on any atom is 0.155 e. The number of ketones is 1. The molecule has 0 spiro atoms. The van der Waals surface area contributed by atoms with E-state index in [1.54, 1.807) is 6.08 Å². The molecule has 0 amide bonds. The van der Waals surface area contributed by atoms with E-state index in [1.165, 1.54) is 77.0 Å². The maximum absolute atomic E-state index is 11.3. The average molecular weight is 280 g/mol. The van der Waals surface area contributed by atoms with Crippen molar-refractivity contribution >= 4 is 5.78 Å². The maximum atomic E-state index is 11.3. The number of carbonyl (C=O) groups excluding carboxylic acids is 1. The number of hydrogen-bond acceptors (Lipinski definition) is 1. The summed E-state index contributed by atoms with van der Waals surface area (Å²) in [4.78, 5) is 11.3. The zero-order chi connectivity index (χ0) is 14.9. The van der Waals surface area contributed by atoms with Crippen LogP contribution in [0.5, 0.6) is 0 Å². The van der Waals surface area contributed by atoms with Gasteiger partial charge in [-0.25, -0.2) is 0 Å². The minimum Gasteiger partial charge on any atom is -0.295 e. The van der Waals surface area contributed by atoms with E-state index < -0.39 is 0 Å². The summed E-state index contributed by atoms with van der Waals surface area (Å²) in [6.45, 7) is 4.18. The predicted octanol–water partition coefficient (Wildman–Crippen LogP) is 6.61. The summed E-state index contributed by atoms with van der Waals surface area (Å²) in [5.41, 5.74) is 0. The smallest absolute Gasteiger partial charge is 0.155 e. The highest BCUT2D eigenvalue weighted by Gasteiger charge is 1.97. The second kappa shape index (κ2) is 16.5. The summed E-state index contributed by atoms with van der Waals surface area (Å²) >= 11 is 0. The van der Waals surface area contributed by atoms with E-state index >= 15 is 0 Å². The first kappa shape index (κ1) is 19.4. The molecule has 0 aliphatic heterocycles. The summed E-state index contributed by atoms with van der Waals surface area (Å²) in [6.07, 6.45) is 21.9. The molecule has 0 saturated heterocycles. The van der Waals surface area contributed by atoms with Crippen LogP contribution in [-0.4, -0.2) is 5.78 Å². The molecule has 0 atom stereocenters. The van der Waals surface area contributed by atoms with Crippen molar-refractivity contribution in [2.75, 3.05) is 0 Å². The molecule has 0 aliphatic carbocycles. The fraction of sp³-hybridized carbons (Fsp3) is 0.842. The Labute approximate surface area is 127 Å². The summed E-state index contributed by atoms with van der Waals surface area (Å²) in [7, 11) is 0. The van der Waals surface area contributed by atoms with Crippen molar-refractivity contribution in [3.63, 3.8) is 0 Å². The first-order valence-electron chi connectivity index (χ1n) is 8.96. The molecule has 0 fully saturated rings. The molecule has 0 aromatic carbocycles. The van der Waals surface area contributed by atoms with Gasteiger partial charge in [0.2, 0.25) is 0 Å². The third-order valence-electron chi connectivity index (χ3n) is 3.88. The standard InChI is InChI=1S/C19H36O/c1-3-5-6-7-8-9-10-11-12-13-14-15-16-18-19(20)17-4-2/h4,17H,3,5-16,18H2,1-2H3. The number of carbonyl (C=O) groups is 1. The van der Waals surface area contributed by atoms with E-state index in [2.05, 4.69) is 6.92 Å². The van der Waals surface area contributed by atoms with Crippen molar-refractivity contribution in [1.82, 2.24) is 0 Å². The first-order chi connectivity index (χ1) is 9.81. The van der Waals surface area contributed by atoms with Gasteiger partial charge in [0.25, 0.3) is 0 Å². The molecule has 20 heavy (non-hydrogen) atoms.